The first-order chi connectivity index (χ1) is 11.5. The molecule has 0 aromatic heterocycles. The molecule has 0 heterocycles. The Morgan fingerprint density at radius 2 is 2.00 bits per heavy atom. The van der Waals surface area contributed by atoms with E-state index in [1.807, 2.05) is 38.1 Å². The smallest absolute Gasteiger partial charge is 0.253 e. The number of carbonyl (C=O) groups excluding carboxylic acids is 1. The number of methoxy groups -OCH3 is 1. The maximum atomic E-state index is 12.1. The molecule has 6 heteroatoms. The van der Waals surface area contributed by atoms with Crippen molar-refractivity contribution in [1.82, 2.24) is 5.43 Å². The van der Waals surface area contributed by atoms with Crippen molar-refractivity contribution in [1.29, 1.82) is 0 Å². The zero-order valence-electron chi connectivity index (χ0n) is 13.8. The monoisotopic (exact) mass is 344 g/mol. The van der Waals surface area contributed by atoms with Crippen molar-refractivity contribution in [3.05, 3.63) is 53.6 Å². The summed E-state index contributed by atoms with van der Waals surface area (Å²) < 4.78 is 5.02. The van der Waals surface area contributed by atoms with E-state index in [2.05, 4.69) is 10.5 Å². The topological polar surface area (TPSA) is 70.9 Å². The van der Waals surface area contributed by atoms with Crippen molar-refractivity contribution in [2.24, 2.45) is 5.10 Å². The molecule has 0 radical (unpaired) electrons. The van der Waals surface area contributed by atoms with E-state index in [4.69, 9.17) is 4.74 Å². The third-order valence-electron chi connectivity index (χ3n) is 3.33. The van der Waals surface area contributed by atoms with Crippen LogP contribution < -0.4 is 10.2 Å². The number of aryl methyl sites for hydroxylation is 1. The van der Waals surface area contributed by atoms with E-state index in [1.54, 1.807) is 18.2 Å². The number of carbonyl (C=O) groups is 1. The van der Waals surface area contributed by atoms with Crippen LogP contribution in [-0.4, -0.2) is 29.6 Å². The van der Waals surface area contributed by atoms with Gasteiger partial charge in [-0.3, -0.25) is 4.79 Å². The molecule has 1 amide bonds. The van der Waals surface area contributed by atoms with Gasteiger partial charge >= 0.3 is 0 Å². The molecule has 126 valence electrons. The van der Waals surface area contributed by atoms with Crippen LogP contribution in [0.15, 0.2) is 52.5 Å². The maximum Gasteiger partial charge on any atom is 0.253 e. The van der Waals surface area contributed by atoms with Crippen molar-refractivity contribution in [2.45, 2.75) is 24.0 Å². The summed E-state index contributed by atoms with van der Waals surface area (Å²) in [5, 5.41) is 13.6. The molecule has 0 fully saturated rings. The molecule has 1 atom stereocenters. The highest BCUT2D eigenvalue weighted by Crippen LogP contribution is 2.28. The second-order valence-electron chi connectivity index (χ2n) is 5.21. The van der Waals surface area contributed by atoms with Gasteiger partial charge < -0.3 is 9.84 Å². The molecule has 0 aliphatic heterocycles. The Balaban J connectivity index is 1.93. The number of rotatable bonds is 6. The fraction of sp³-hybridized carbons (Fsp3) is 0.222. The normalized spacial score (nSPS) is 12.1. The number of nitrogens with one attached hydrogen (secondary N) is 1. The molecule has 0 aliphatic rings. The number of ether oxygens (including phenoxy) is 1. The molecule has 24 heavy (non-hydrogen) atoms. The Hall–Kier alpha value is -2.47. The van der Waals surface area contributed by atoms with Crippen molar-refractivity contribution >= 4 is 23.9 Å². The lowest BCUT2D eigenvalue weighted by atomic mass is 10.2. The minimum Gasteiger partial charge on any atom is -0.504 e. The summed E-state index contributed by atoms with van der Waals surface area (Å²) in [6, 6.07) is 13.1. The Labute approximate surface area is 145 Å². The Bertz CT molecular complexity index is 730. The van der Waals surface area contributed by atoms with E-state index in [0.717, 1.165) is 4.90 Å². The molecule has 0 unspecified atom stereocenters. The highest BCUT2D eigenvalue weighted by molar-refractivity contribution is 8.00. The zero-order chi connectivity index (χ0) is 17.5. The van der Waals surface area contributed by atoms with E-state index in [1.165, 1.54) is 30.6 Å². The lowest BCUT2D eigenvalue weighted by molar-refractivity contribution is -0.120. The number of hydrogen-bond acceptors (Lipinski definition) is 5. The number of para-hydroxylation sites is 1. The molecule has 0 aliphatic carbocycles. The summed E-state index contributed by atoms with van der Waals surface area (Å²) in [7, 11) is 1.47. The Kier molecular flexibility index (Phi) is 6.26. The zero-order valence-corrected chi connectivity index (χ0v) is 14.6. The third-order valence-corrected chi connectivity index (χ3v) is 4.44. The van der Waals surface area contributed by atoms with Crippen LogP contribution in [0.5, 0.6) is 11.5 Å². The molecule has 0 saturated heterocycles. The first-order valence-corrected chi connectivity index (χ1v) is 8.31. The number of phenolic OH excluding ortho intramolecular Hbond substituents is 1. The van der Waals surface area contributed by atoms with Crippen LogP contribution >= 0.6 is 11.8 Å². The maximum absolute atomic E-state index is 12.1. The molecular weight excluding hydrogens is 324 g/mol. The second kappa shape index (κ2) is 8.40. The van der Waals surface area contributed by atoms with Gasteiger partial charge in [0.1, 0.15) is 0 Å². The number of aromatic hydroxyl groups is 1. The van der Waals surface area contributed by atoms with E-state index in [0.29, 0.717) is 11.3 Å². The number of amides is 1. The molecule has 2 aromatic carbocycles. The first kappa shape index (κ1) is 17.9. The number of nitrogens with zero attached hydrogens (tertiary/aromatic N) is 1. The fourth-order valence-electron chi connectivity index (χ4n) is 1.94. The van der Waals surface area contributed by atoms with Gasteiger partial charge in [0.15, 0.2) is 11.5 Å². The predicted molar refractivity (Wildman–Crippen MR) is 96.9 cm³/mol. The van der Waals surface area contributed by atoms with Crippen LogP contribution in [-0.2, 0) is 4.79 Å². The average molecular weight is 344 g/mol. The summed E-state index contributed by atoms with van der Waals surface area (Å²) in [6.07, 6.45) is 1.39. The van der Waals surface area contributed by atoms with Crippen LogP contribution in [0.3, 0.4) is 0 Å². The molecule has 0 spiro atoms. The summed E-state index contributed by atoms with van der Waals surface area (Å²) in [5.74, 6) is 0.132. The fourth-order valence-corrected chi connectivity index (χ4v) is 2.80. The lowest BCUT2D eigenvalue weighted by Crippen LogP contribution is -2.26. The van der Waals surface area contributed by atoms with Gasteiger partial charge in [0.05, 0.1) is 18.6 Å². The quantitative estimate of drug-likeness (QED) is 0.479. The van der Waals surface area contributed by atoms with Crippen molar-refractivity contribution in [3.8, 4) is 11.5 Å². The van der Waals surface area contributed by atoms with Crippen LogP contribution in [0, 0.1) is 6.92 Å². The SMILES string of the molecule is COc1cccc(/C=N\NC(=O)[C@H](C)Sc2ccc(C)cc2)c1O. The number of hydrazone groups is 1. The summed E-state index contributed by atoms with van der Waals surface area (Å²) in [4.78, 5) is 13.1. The Morgan fingerprint density at radius 1 is 1.29 bits per heavy atom. The van der Waals surface area contributed by atoms with E-state index in [-0.39, 0.29) is 16.9 Å². The van der Waals surface area contributed by atoms with E-state index < -0.39 is 0 Å². The molecule has 2 aromatic rings. The molecule has 0 bridgehead atoms. The summed E-state index contributed by atoms with van der Waals surface area (Å²) in [6.45, 7) is 3.84. The Morgan fingerprint density at radius 3 is 2.67 bits per heavy atom. The highest BCUT2D eigenvalue weighted by Gasteiger charge is 2.13. The van der Waals surface area contributed by atoms with Gasteiger partial charge in [-0.15, -0.1) is 11.8 Å². The van der Waals surface area contributed by atoms with E-state index in [9.17, 15) is 9.90 Å². The molecule has 0 saturated carbocycles. The minimum atomic E-state index is -0.288. The second-order valence-corrected chi connectivity index (χ2v) is 6.62. The van der Waals surface area contributed by atoms with Crippen LogP contribution in [0.4, 0.5) is 0 Å². The van der Waals surface area contributed by atoms with Crippen molar-refractivity contribution < 1.29 is 14.6 Å². The highest BCUT2D eigenvalue weighted by atomic mass is 32.2. The summed E-state index contributed by atoms with van der Waals surface area (Å²) >= 11 is 1.46. The number of benzene rings is 2. The molecule has 5 nitrogen and oxygen atoms in total. The van der Waals surface area contributed by atoms with Gasteiger partial charge in [0.25, 0.3) is 5.91 Å². The van der Waals surface area contributed by atoms with Gasteiger partial charge in [-0.25, -0.2) is 5.43 Å². The van der Waals surface area contributed by atoms with Crippen LogP contribution in [0.25, 0.3) is 0 Å². The van der Waals surface area contributed by atoms with Crippen LogP contribution in [0.2, 0.25) is 0 Å². The van der Waals surface area contributed by atoms with Gasteiger partial charge in [-0.05, 0) is 38.1 Å². The standard InChI is InChI=1S/C18H20N2O3S/c1-12-7-9-15(10-8-12)24-13(2)18(22)20-19-11-14-5-4-6-16(23-3)17(14)21/h4-11,13,21H,1-3H3,(H,20,22)/b19-11-/t13-/m0/s1. The molecule has 2 N–H and O–H groups in total. The van der Waals surface area contributed by atoms with Crippen molar-refractivity contribution in [3.63, 3.8) is 0 Å². The van der Waals surface area contributed by atoms with E-state index >= 15 is 0 Å². The van der Waals surface area contributed by atoms with Gasteiger partial charge in [0.2, 0.25) is 0 Å². The predicted octanol–water partition coefficient (Wildman–Crippen LogP) is 3.34. The van der Waals surface area contributed by atoms with Gasteiger partial charge in [0, 0.05) is 10.5 Å². The number of phenols is 1. The van der Waals surface area contributed by atoms with Gasteiger partial charge in [-0.2, -0.15) is 5.10 Å². The third kappa shape index (κ3) is 4.76. The number of thioether (sulfide) groups is 1. The summed E-state index contributed by atoms with van der Waals surface area (Å²) in [5.41, 5.74) is 4.13. The van der Waals surface area contributed by atoms with Crippen LogP contribution in [0.1, 0.15) is 18.1 Å². The number of hydrogen-bond donors (Lipinski definition) is 2. The lowest BCUT2D eigenvalue weighted by Gasteiger charge is -2.09. The molecular formula is C18H20N2O3S. The average Bonchev–Trinajstić information content (AvgIpc) is 2.58. The first-order valence-electron chi connectivity index (χ1n) is 7.43. The van der Waals surface area contributed by atoms with Crippen molar-refractivity contribution in [2.75, 3.05) is 7.11 Å². The molecule has 2 rings (SSSR count). The van der Waals surface area contributed by atoms with Gasteiger partial charge in [-0.1, -0.05) is 23.8 Å². The minimum absolute atomic E-state index is 0.0138. The largest absolute Gasteiger partial charge is 0.504 e.